The SMILES string of the molecule is C[C@H]1CN2C(=O)CN(C(=O)Nc3ccc(F)c(F)c3F)C[C@@H]2c2ccccc21. The molecule has 2 aliphatic heterocycles. The Morgan fingerprint density at radius 1 is 1.04 bits per heavy atom. The van der Waals surface area contributed by atoms with E-state index in [4.69, 9.17) is 0 Å². The predicted octanol–water partition coefficient (Wildman–Crippen LogP) is 3.64. The second kappa shape index (κ2) is 6.85. The number of fused-ring (bicyclic) bond motifs is 3. The summed E-state index contributed by atoms with van der Waals surface area (Å²) in [5, 5.41) is 2.23. The fraction of sp³-hybridized carbons (Fsp3) is 0.300. The molecule has 28 heavy (non-hydrogen) atoms. The van der Waals surface area contributed by atoms with Gasteiger partial charge in [0.1, 0.15) is 6.54 Å². The lowest BCUT2D eigenvalue weighted by atomic mass is 9.85. The summed E-state index contributed by atoms with van der Waals surface area (Å²) in [6.45, 7) is 2.68. The first-order valence-electron chi connectivity index (χ1n) is 8.94. The molecule has 2 heterocycles. The van der Waals surface area contributed by atoms with Gasteiger partial charge in [0.25, 0.3) is 0 Å². The molecule has 1 fully saturated rings. The van der Waals surface area contributed by atoms with Crippen LogP contribution in [0.1, 0.15) is 30.0 Å². The fourth-order valence-electron chi connectivity index (χ4n) is 3.92. The van der Waals surface area contributed by atoms with E-state index >= 15 is 0 Å². The summed E-state index contributed by atoms with van der Waals surface area (Å²) in [6, 6.07) is 8.41. The van der Waals surface area contributed by atoms with Crippen molar-refractivity contribution < 1.29 is 22.8 Å². The lowest BCUT2D eigenvalue weighted by molar-refractivity contribution is -0.139. The molecule has 2 aromatic rings. The van der Waals surface area contributed by atoms with E-state index in [1.807, 2.05) is 31.2 Å². The second-order valence-corrected chi connectivity index (χ2v) is 7.13. The Morgan fingerprint density at radius 3 is 2.50 bits per heavy atom. The molecule has 0 aromatic heterocycles. The third-order valence-electron chi connectivity index (χ3n) is 5.34. The van der Waals surface area contributed by atoms with Crippen molar-refractivity contribution in [2.24, 2.45) is 0 Å². The van der Waals surface area contributed by atoms with Crippen molar-refractivity contribution in [3.8, 4) is 0 Å². The van der Waals surface area contributed by atoms with E-state index < -0.39 is 29.2 Å². The molecule has 0 saturated carbocycles. The summed E-state index contributed by atoms with van der Waals surface area (Å²) in [6.07, 6.45) is 0. The van der Waals surface area contributed by atoms with Gasteiger partial charge in [-0.05, 0) is 29.2 Å². The van der Waals surface area contributed by atoms with Gasteiger partial charge in [-0.1, -0.05) is 31.2 Å². The molecule has 1 saturated heterocycles. The van der Waals surface area contributed by atoms with E-state index in [0.29, 0.717) is 6.54 Å². The molecular formula is C20H18F3N3O2. The van der Waals surface area contributed by atoms with Crippen molar-refractivity contribution in [3.63, 3.8) is 0 Å². The van der Waals surface area contributed by atoms with Gasteiger partial charge in [0, 0.05) is 13.1 Å². The number of anilines is 1. The Kier molecular flexibility index (Phi) is 4.49. The minimum Gasteiger partial charge on any atom is -0.332 e. The maximum absolute atomic E-state index is 13.9. The molecule has 2 atom stereocenters. The molecule has 0 unspecified atom stereocenters. The number of nitrogens with zero attached hydrogens (tertiary/aromatic N) is 2. The van der Waals surface area contributed by atoms with Crippen LogP contribution in [0.4, 0.5) is 23.7 Å². The molecule has 0 bridgehead atoms. The van der Waals surface area contributed by atoms with E-state index in [1.54, 1.807) is 4.90 Å². The number of halogens is 3. The molecule has 5 nitrogen and oxygen atoms in total. The number of carbonyl (C=O) groups excluding carboxylic acids is 2. The standard InChI is InChI=1S/C20H18F3N3O2/c1-11-8-26-16(13-5-3-2-4-12(11)13)9-25(10-17(26)27)20(28)24-15-7-6-14(21)18(22)19(15)23/h2-7,11,16H,8-10H2,1H3,(H,24,28)/t11-,16+/m0/s1. The normalized spacial score (nSPS) is 21.2. The van der Waals surface area contributed by atoms with Crippen LogP contribution in [0.15, 0.2) is 36.4 Å². The summed E-state index contributed by atoms with van der Waals surface area (Å²) < 4.78 is 40.3. The molecular weight excluding hydrogens is 371 g/mol. The quantitative estimate of drug-likeness (QED) is 0.758. The second-order valence-electron chi connectivity index (χ2n) is 7.13. The highest BCUT2D eigenvalue weighted by atomic mass is 19.2. The van der Waals surface area contributed by atoms with Gasteiger partial charge in [-0.3, -0.25) is 4.79 Å². The third-order valence-corrected chi connectivity index (χ3v) is 5.34. The number of rotatable bonds is 1. The van der Waals surface area contributed by atoms with Crippen LogP contribution in [-0.4, -0.2) is 41.4 Å². The molecule has 0 radical (unpaired) electrons. The molecule has 0 spiro atoms. The summed E-state index contributed by atoms with van der Waals surface area (Å²) in [5.74, 6) is -4.50. The Hall–Kier alpha value is -3.03. The van der Waals surface area contributed by atoms with Crippen LogP contribution < -0.4 is 5.32 Å². The molecule has 0 aliphatic carbocycles. The lowest BCUT2D eigenvalue weighted by Gasteiger charge is -2.46. The molecule has 3 amide bonds. The molecule has 146 valence electrons. The van der Waals surface area contributed by atoms with E-state index in [1.165, 1.54) is 4.90 Å². The van der Waals surface area contributed by atoms with Crippen molar-refractivity contribution in [1.82, 2.24) is 9.80 Å². The van der Waals surface area contributed by atoms with Crippen LogP contribution in [0.3, 0.4) is 0 Å². The zero-order valence-corrected chi connectivity index (χ0v) is 15.1. The average molecular weight is 389 g/mol. The maximum Gasteiger partial charge on any atom is 0.322 e. The zero-order chi connectivity index (χ0) is 20.0. The summed E-state index contributed by atoms with van der Waals surface area (Å²) in [4.78, 5) is 28.2. The first kappa shape index (κ1) is 18.3. The maximum atomic E-state index is 13.9. The number of hydrogen-bond acceptors (Lipinski definition) is 2. The van der Waals surface area contributed by atoms with Crippen molar-refractivity contribution in [2.75, 3.05) is 25.0 Å². The van der Waals surface area contributed by atoms with Crippen molar-refractivity contribution in [3.05, 3.63) is 65.0 Å². The van der Waals surface area contributed by atoms with Gasteiger partial charge < -0.3 is 15.1 Å². The van der Waals surface area contributed by atoms with Gasteiger partial charge in [0.15, 0.2) is 17.5 Å². The van der Waals surface area contributed by atoms with Crippen LogP contribution in [0.2, 0.25) is 0 Å². The third kappa shape index (κ3) is 2.98. The Bertz CT molecular complexity index is 966. The zero-order valence-electron chi connectivity index (χ0n) is 15.1. The first-order chi connectivity index (χ1) is 13.4. The Morgan fingerprint density at radius 2 is 1.75 bits per heavy atom. The van der Waals surface area contributed by atoms with Gasteiger partial charge in [0.2, 0.25) is 5.91 Å². The van der Waals surface area contributed by atoms with Crippen LogP contribution >= 0.6 is 0 Å². The minimum absolute atomic E-state index is 0.164. The number of urea groups is 1. The predicted molar refractivity (Wildman–Crippen MR) is 96.2 cm³/mol. The molecule has 4 rings (SSSR count). The van der Waals surface area contributed by atoms with Crippen molar-refractivity contribution >= 4 is 17.6 Å². The van der Waals surface area contributed by atoms with E-state index in [0.717, 1.165) is 23.3 Å². The number of carbonyl (C=O) groups is 2. The first-order valence-corrected chi connectivity index (χ1v) is 8.94. The van der Waals surface area contributed by atoms with Crippen LogP contribution in [0.25, 0.3) is 0 Å². The van der Waals surface area contributed by atoms with Gasteiger partial charge in [0.05, 0.1) is 11.7 Å². The highest BCUT2D eigenvalue weighted by Gasteiger charge is 2.40. The minimum atomic E-state index is -1.66. The van der Waals surface area contributed by atoms with Crippen molar-refractivity contribution in [2.45, 2.75) is 18.9 Å². The number of nitrogens with one attached hydrogen (secondary N) is 1. The van der Waals surface area contributed by atoms with Gasteiger partial charge >= 0.3 is 6.03 Å². The van der Waals surface area contributed by atoms with Gasteiger partial charge in [-0.2, -0.15) is 0 Å². The summed E-state index contributed by atoms with van der Waals surface area (Å²) in [5.41, 5.74) is 1.63. The Balaban J connectivity index is 1.58. The molecule has 1 N–H and O–H groups in total. The highest BCUT2D eigenvalue weighted by molar-refractivity contribution is 5.93. The molecule has 2 aromatic carbocycles. The number of amides is 3. The average Bonchev–Trinajstić information content (AvgIpc) is 2.69. The van der Waals surface area contributed by atoms with E-state index in [2.05, 4.69) is 5.32 Å². The molecule has 2 aliphatic rings. The summed E-state index contributed by atoms with van der Waals surface area (Å²) >= 11 is 0. The number of benzene rings is 2. The van der Waals surface area contributed by atoms with Crippen molar-refractivity contribution in [1.29, 1.82) is 0 Å². The van der Waals surface area contributed by atoms with E-state index in [9.17, 15) is 22.8 Å². The summed E-state index contributed by atoms with van der Waals surface area (Å²) in [7, 11) is 0. The van der Waals surface area contributed by atoms with Crippen LogP contribution in [-0.2, 0) is 4.79 Å². The Labute approximate surface area is 159 Å². The number of hydrogen-bond donors (Lipinski definition) is 1. The topological polar surface area (TPSA) is 52.7 Å². The molecule has 8 heteroatoms. The smallest absolute Gasteiger partial charge is 0.322 e. The highest BCUT2D eigenvalue weighted by Crippen LogP contribution is 2.38. The van der Waals surface area contributed by atoms with Gasteiger partial charge in [-0.25, -0.2) is 18.0 Å². The van der Waals surface area contributed by atoms with E-state index in [-0.39, 0.29) is 31.0 Å². The number of piperazine rings is 1. The van der Waals surface area contributed by atoms with Crippen LogP contribution in [0.5, 0.6) is 0 Å². The van der Waals surface area contributed by atoms with Gasteiger partial charge in [-0.15, -0.1) is 0 Å². The van der Waals surface area contributed by atoms with Crippen LogP contribution in [0, 0.1) is 17.5 Å². The monoisotopic (exact) mass is 389 g/mol. The fourth-order valence-corrected chi connectivity index (χ4v) is 3.92. The lowest BCUT2D eigenvalue weighted by Crippen LogP contribution is -2.56. The largest absolute Gasteiger partial charge is 0.332 e.